The number of nitriles is 1. The van der Waals surface area contributed by atoms with Crippen LogP contribution in [0.2, 0.25) is 0 Å². The lowest BCUT2D eigenvalue weighted by molar-refractivity contribution is 0.482. The molecular weight excluding hydrogens is 248 g/mol. The second kappa shape index (κ2) is 8.06. The van der Waals surface area contributed by atoms with Gasteiger partial charge in [0.25, 0.3) is 0 Å². The molecule has 0 aliphatic heterocycles. The highest BCUT2D eigenvalue weighted by molar-refractivity contribution is 8.00. The number of nitrogens with one attached hydrogen (secondary N) is 1. The van der Waals surface area contributed by atoms with Gasteiger partial charge >= 0.3 is 0 Å². The third kappa shape index (κ3) is 5.02. The van der Waals surface area contributed by atoms with E-state index >= 15 is 0 Å². The van der Waals surface area contributed by atoms with Gasteiger partial charge in [0.1, 0.15) is 0 Å². The molecule has 1 heterocycles. The molecule has 1 aromatic rings. The average molecular weight is 268 g/mol. The summed E-state index contributed by atoms with van der Waals surface area (Å²) in [6, 6.07) is 2.24. The van der Waals surface area contributed by atoms with Crippen molar-refractivity contribution in [3.63, 3.8) is 0 Å². The minimum Gasteiger partial charge on any atom is -0.315 e. The molecule has 0 spiro atoms. The second-order valence-electron chi connectivity index (χ2n) is 4.43. The Kier molecular flexibility index (Phi) is 6.68. The van der Waals surface area contributed by atoms with E-state index in [0.29, 0.717) is 5.92 Å². The summed E-state index contributed by atoms with van der Waals surface area (Å²) in [5.41, 5.74) is 0. The Morgan fingerprint density at radius 1 is 1.50 bits per heavy atom. The fraction of sp³-hybridized carbons (Fsp3) is 0.818. The third-order valence-electron chi connectivity index (χ3n) is 2.31. The molecule has 0 aliphatic carbocycles. The molecule has 0 saturated carbocycles. The molecule has 1 N–H and O–H groups in total. The van der Waals surface area contributed by atoms with Crippen molar-refractivity contribution in [2.75, 3.05) is 13.1 Å². The van der Waals surface area contributed by atoms with Crippen LogP contribution in [0.5, 0.6) is 0 Å². The quantitative estimate of drug-likeness (QED) is 0.565. The van der Waals surface area contributed by atoms with Crippen LogP contribution in [0.15, 0.2) is 5.16 Å². The lowest BCUT2D eigenvalue weighted by atomic mass is 10.2. The van der Waals surface area contributed by atoms with E-state index in [4.69, 9.17) is 5.26 Å². The van der Waals surface area contributed by atoms with Crippen molar-refractivity contribution in [3.8, 4) is 6.07 Å². The SMILES string of the molecule is CCC(C#N)Sc1nnnn1CCNCC(C)C. The summed E-state index contributed by atoms with van der Waals surface area (Å²) < 4.78 is 1.75. The number of aromatic nitrogens is 4. The Morgan fingerprint density at radius 2 is 2.28 bits per heavy atom. The van der Waals surface area contributed by atoms with Crippen molar-refractivity contribution < 1.29 is 0 Å². The van der Waals surface area contributed by atoms with Gasteiger partial charge in [0, 0.05) is 6.54 Å². The maximum atomic E-state index is 8.93. The van der Waals surface area contributed by atoms with E-state index in [1.807, 2.05) is 6.92 Å². The number of tetrazole rings is 1. The molecule has 1 atom stereocenters. The number of nitrogens with zero attached hydrogens (tertiary/aromatic N) is 5. The topological polar surface area (TPSA) is 79.4 Å². The molecular formula is C11H20N6S. The van der Waals surface area contributed by atoms with E-state index < -0.39 is 0 Å². The second-order valence-corrected chi connectivity index (χ2v) is 5.60. The van der Waals surface area contributed by atoms with Gasteiger partial charge in [-0.1, -0.05) is 32.5 Å². The third-order valence-corrected chi connectivity index (χ3v) is 3.54. The summed E-state index contributed by atoms with van der Waals surface area (Å²) in [6.45, 7) is 8.87. The van der Waals surface area contributed by atoms with Crippen LogP contribution in [-0.2, 0) is 6.54 Å². The van der Waals surface area contributed by atoms with Crippen LogP contribution in [0.25, 0.3) is 0 Å². The zero-order chi connectivity index (χ0) is 13.4. The van der Waals surface area contributed by atoms with E-state index in [2.05, 4.69) is 40.8 Å². The molecule has 0 radical (unpaired) electrons. The molecule has 1 aromatic heterocycles. The summed E-state index contributed by atoms with van der Waals surface area (Å²) in [5, 5.41) is 24.5. The molecule has 0 amide bonds. The van der Waals surface area contributed by atoms with Crippen molar-refractivity contribution in [2.45, 2.75) is 44.1 Å². The minimum absolute atomic E-state index is 0.0848. The summed E-state index contributed by atoms with van der Waals surface area (Å²) >= 11 is 1.42. The zero-order valence-electron chi connectivity index (χ0n) is 11.1. The summed E-state index contributed by atoms with van der Waals surface area (Å²) in [4.78, 5) is 0. The Hall–Kier alpha value is -1.13. The van der Waals surface area contributed by atoms with Crippen LogP contribution in [0.4, 0.5) is 0 Å². The predicted octanol–water partition coefficient (Wildman–Crippen LogP) is 1.31. The normalized spacial score (nSPS) is 12.6. The Labute approximate surface area is 112 Å². The molecule has 0 saturated heterocycles. The Balaban J connectivity index is 2.42. The molecule has 1 rings (SSSR count). The van der Waals surface area contributed by atoms with E-state index in [0.717, 1.165) is 31.2 Å². The van der Waals surface area contributed by atoms with Gasteiger partial charge in [-0.3, -0.25) is 0 Å². The maximum absolute atomic E-state index is 8.93. The predicted molar refractivity (Wildman–Crippen MR) is 71.1 cm³/mol. The molecule has 1 unspecified atom stereocenters. The molecule has 0 fully saturated rings. The van der Waals surface area contributed by atoms with Gasteiger partial charge in [-0.2, -0.15) is 5.26 Å². The van der Waals surface area contributed by atoms with Gasteiger partial charge in [-0.15, -0.1) is 5.10 Å². The highest BCUT2D eigenvalue weighted by Gasteiger charge is 2.13. The molecule has 0 aliphatic rings. The fourth-order valence-electron chi connectivity index (χ4n) is 1.33. The summed E-state index contributed by atoms with van der Waals surface area (Å²) in [5.74, 6) is 0.635. The van der Waals surface area contributed by atoms with Gasteiger partial charge in [-0.25, -0.2) is 4.68 Å². The first kappa shape index (κ1) is 14.9. The van der Waals surface area contributed by atoms with Crippen LogP contribution in [-0.4, -0.2) is 38.5 Å². The first-order chi connectivity index (χ1) is 8.67. The van der Waals surface area contributed by atoms with Crippen molar-refractivity contribution in [2.24, 2.45) is 5.92 Å². The van der Waals surface area contributed by atoms with Crippen molar-refractivity contribution in [1.82, 2.24) is 25.5 Å². The summed E-state index contributed by atoms with van der Waals surface area (Å²) in [7, 11) is 0. The van der Waals surface area contributed by atoms with Crippen LogP contribution < -0.4 is 5.32 Å². The van der Waals surface area contributed by atoms with Crippen molar-refractivity contribution in [3.05, 3.63) is 0 Å². The summed E-state index contributed by atoms with van der Waals surface area (Å²) in [6.07, 6.45) is 0.791. The molecule has 7 heteroatoms. The molecule has 100 valence electrons. The molecule has 18 heavy (non-hydrogen) atoms. The smallest absolute Gasteiger partial charge is 0.210 e. The zero-order valence-corrected chi connectivity index (χ0v) is 11.9. The van der Waals surface area contributed by atoms with Gasteiger partial charge in [0.05, 0.1) is 17.9 Å². The van der Waals surface area contributed by atoms with Crippen LogP contribution >= 0.6 is 11.8 Å². The van der Waals surface area contributed by atoms with Crippen LogP contribution in [0.3, 0.4) is 0 Å². The van der Waals surface area contributed by atoms with Gasteiger partial charge in [-0.05, 0) is 29.3 Å². The van der Waals surface area contributed by atoms with Crippen molar-refractivity contribution in [1.29, 1.82) is 5.26 Å². The standard InChI is InChI=1S/C11H20N6S/c1-4-10(7-12)18-11-14-15-16-17(11)6-5-13-8-9(2)3/h9-10,13H,4-6,8H2,1-3H3. The molecule has 0 bridgehead atoms. The van der Waals surface area contributed by atoms with E-state index in [1.54, 1.807) is 4.68 Å². The van der Waals surface area contributed by atoms with E-state index in [1.165, 1.54) is 11.8 Å². The molecule has 6 nitrogen and oxygen atoms in total. The minimum atomic E-state index is -0.0848. The Morgan fingerprint density at radius 3 is 2.89 bits per heavy atom. The van der Waals surface area contributed by atoms with Crippen LogP contribution in [0, 0.1) is 17.2 Å². The van der Waals surface area contributed by atoms with E-state index in [9.17, 15) is 0 Å². The Bertz CT molecular complexity index is 383. The first-order valence-electron chi connectivity index (χ1n) is 6.20. The molecule has 0 aromatic carbocycles. The highest BCUT2D eigenvalue weighted by Crippen LogP contribution is 2.21. The van der Waals surface area contributed by atoms with Crippen molar-refractivity contribution >= 4 is 11.8 Å². The van der Waals surface area contributed by atoms with Crippen LogP contribution in [0.1, 0.15) is 27.2 Å². The first-order valence-corrected chi connectivity index (χ1v) is 7.08. The van der Waals surface area contributed by atoms with Gasteiger partial charge < -0.3 is 5.32 Å². The number of rotatable bonds is 8. The largest absolute Gasteiger partial charge is 0.315 e. The monoisotopic (exact) mass is 268 g/mol. The highest BCUT2D eigenvalue weighted by atomic mass is 32.2. The fourth-order valence-corrected chi connectivity index (χ4v) is 2.13. The average Bonchev–Trinajstić information content (AvgIpc) is 2.78. The number of hydrogen-bond donors (Lipinski definition) is 1. The number of hydrogen-bond acceptors (Lipinski definition) is 6. The lowest BCUT2D eigenvalue weighted by Crippen LogP contribution is -2.24. The maximum Gasteiger partial charge on any atom is 0.210 e. The van der Waals surface area contributed by atoms with E-state index in [-0.39, 0.29) is 5.25 Å². The lowest BCUT2D eigenvalue weighted by Gasteiger charge is -2.09. The van der Waals surface area contributed by atoms with Gasteiger partial charge in [0.2, 0.25) is 5.16 Å². The van der Waals surface area contributed by atoms with Gasteiger partial charge in [0.15, 0.2) is 0 Å². The number of thioether (sulfide) groups is 1.